The minimum absolute atomic E-state index is 0.0645. The summed E-state index contributed by atoms with van der Waals surface area (Å²) in [5, 5.41) is 3.11. The van der Waals surface area contributed by atoms with Gasteiger partial charge in [0.25, 0.3) is 0 Å². The van der Waals surface area contributed by atoms with Crippen LogP contribution in [-0.2, 0) is 4.79 Å². The molecule has 0 radical (unpaired) electrons. The number of hydrogen-bond acceptors (Lipinski definition) is 2. The Morgan fingerprint density at radius 3 is 2.76 bits per heavy atom. The maximum absolute atomic E-state index is 12.4. The van der Waals surface area contributed by atoms with Crippen LogP contribution >= 0.6 is 0 Å². The van der Waals surface area contributed by atoms with Gasteiger partial charge in [-0.3, -0.25) is 14.5 Å². The summed E-state index contributed by atoms with van der Waals surface area (Å²) in [7, 11) is 1.86. The predicted octanol–water partition coefficient (Wildman–Crippen LogP) is 1.34. The molecule has 1 saturated carbocycles. The highest BCUT2D eigenvalue weighted by molar-refractivity contribution is 5.80. The van der Waals surface area contributed by atoms with Gasteiger partial charge in [-0.1, -0.05) is 13.8 Å². The Labute approximate surface area is 103 Å². The molecule has 1 aliphatic carbocycles. The first-order valence-corrected chi connectivity index (χ1v) is 6.29. The first-order valence-electron chi connectivity index (χ1n) is 6.29. The lowest BCUT2D eigenvalue weighted by Crippen LogP contribution is -2.45. The van der Waals surface area contributed by atoms with Crippen LogP contribution in [0.2, 0.25) is 0 Å². The number of likely N-dealkylation sites (tertiary alicyclic amines) is 1. The molecule has 0 aromatic rings. The number of hydrogen-bond donors (Lipinski definition) is 1. The fourth-order valence-corrected chi connectivity index (χ4v) is 2.88. The summed E-state index contributed by atoms with van der Waals surface area (Å²) in [6.45, 7) is 14.2. The largest absolute Gasteiger partial charge is 0.316 e. The molecule has 0 aromatic carbocycles. The van der Waals surface area contributed by atoms with Gasteiger partial charge in [-0.2, -0.15) is 0 Å². The molecular formula is C13H21N3O. The standard InChI is InChI=1S/C13H21N3O/c1-8(9(2)14-4)12(17)16-7-13(3)6-10(13)11(16)15-5/h8-11,14H,6-7H2,1-4H3/t8-,9?,10?,11?,13?/m1/s1. The van der Waals surface area contributed by atoms with E-state index >= 15 is 0 Å². The van der Waals surface area contributed by atoms with E-state index in [1.165, 1.54) is 0 Å². The third-order valence-corrected chi connectivity index (χ3v) is 4.64. The quantitative estimate of drug-likeness (QED) is 0.750. The van der Waals surface area contributed by atoms with Crippen LogP contribution in [0.4, 0.5) is 0 Å². The summed E-state index contributed by atoms with van der Waals surface area (Å²) < 4.78 is 0. The summed E-state index contributed by atoms with van der Waals surface area (Å²) in [6, 6.07) is 0.151. The molecule has 0 aromatic heterocycles. The van der Waals surface area contributed by atoms with Gasteiger partial charge < -0.3 is 5.32 Å². The molecular weight excluding hydrogens is 214 g/mol. The van der Waals surface area contributed by atoms with Crippen molar-refractivity contribution in [1.29, 1.82) is 0 Å². The fraction of sp³-hybridized carbons (Fsp3) is 0.846. The van der Waals surface area contributed by atoms with E-state index in [0.717, 1.165) is 13.0 Å². The van der Waals surface area contributed by atoms with E-state index in [4.69, 9.17) is 6.57 Å². The minimum Gasteiger partial charge on any atom is -0.316 e. The fourth-order valence-electron chi connectivity index (χ4n) is 2.88. The molecule has 4 unspecified atom stereocenters. The molecule has 2 aliphatic rings. The summed E-state index contributed by atoms with van der Waals surface area (Å²) in [5.74, 6) is 0.479. The molecule has 1 heterocycles. The molecule has 2 fully saturated rings. The number of amides is 1. The number of carbonyl (C=O) groups excluding carboxylic acids is 1. The van der Waals surface area contributed by atoms with E-state index in [1.807, 2.05) is 20.9 Å². The maximum Gasteiger partial charge on any atom is 0.304 e. The van der Waals surface area contributed by atoms with Crippen LogP contribution in [0.1, 0.15) is 27.2 Å². The van der Waals surface area contributed by atoms with Gasteiger partial charge in [0, 0.05) is 12.6 Å². The van der Waals surface area contributed by atoms with Crippen molar-refractivity contribution in [1.82, 2.24) is 10.2 Å². The Balaban J connectivity index is 2.08. The topological polar surface area (TPSA) is 36.7 Å². The Hall–Kier alpha value is -1.08. The second kappa shape index (κ2) is 3.99. The van der Waals surface area contributed by atoms with Gasteiger partial charge in [0.2, 0.25) is 5.91 Å². The van der Waals surface area contributed by atoms with Crippen LogP contribution in [0, 0.1) is 23.8 Å². The van der Waals surface area contributed by atoms with Gasteiger partial charge >= 0.3 is 6.17 Å². The Morgan fingerprint density at radius 1 is 1.59 bits per heavy atom. The van der Waals surface area contributed by atoms with E-state index in [1.54, 1.807) is 4.90 Å². The van der Waals surface area contributed by atoms with Crippen molar-refractivity contribution in [3.63, 3.8) is 0 Å². The lowest BCUT2D eigenvalue weighted by atomic mass is 10.0. The maximum atomic E-state index is 12.4. The highest BCUT2D eigenvalue weighted by atomic mass is 16.2. The summed E-state index contributed by atoms with van der Waals surface area (Å²) >= 11 is 0. The molecule has 4 heteroatoms. The van der Waals surface area contributed by atoms with Crippen molar-refractivity contribution in [3.8, 4) is 0 Å². The van der Waals surface area contributed by atoms with Crippen LogP contribution in [-0.4, -0.2) is 36.6 Å². The average molecular weight is 235 g/mol. The SMILES string of the molecule is [C-]#[N+]C1C2CC2(C)CN1C(=O)[C@H](C)C(C)NC. The van der Waals surface area contributed by atoms with Crippen LogP contribution in [0.5, 0.6) is 0 Å². The smallest absolute Gasteiger partial charge is 0.304 e. The second-order valence-electron chi connectivity index (χ2n) is 5.84. The lowest BCUT2D eigenvalue weighted by Gasteiger charge is -2.26. The highest BCUT2D eigenvalue weighted by Crippen LogP contribution is 2.61. The van der Waals surface area contributed by atoms with Crippen LogP contribution in [0.15, 0.2) is 0 Å². The second-order valence-corrected chi connectivity index (χ2v) is 5.84. The van der Waals surface area contributed by atoms with Gasteiger partial charge in [0.15, 0.2) is 0 Å². The minimum atomic E-state index is -0.209. The summed E-state index contributed by atoms with van der Waals surface area (Å²) in [4.78, 5) is 17.8. The third-order valence-electron chi connectivity index (χ3n) is 4.64. The first kappa shape index (κ1) is 12.4. The van der Waals surface area contributed by atoms with E-state index < -0.39 is 0 Å². The van der Waals surface area contributed by atoms with Crippen molar-refractivity contribution in [2.45, 2.75) is 39.4 Å². The Bertz CT molecular complexity index is 375. The molecule has 1 amide bonds. The molecule has 4 nitrogen and oxygen atoms in total. The molecule has 1 saturated heterocycles. The molecule has 2 rings (SSSR count). The zero-order chi connectivity index (χ0) is 12.8. The number of piperidine rings is 1. The number of nitrogens with one attached hydrogen (secondary N) is 1. The van der Waals surface area contributed by atoms with Crippen molar-refractivity contribution >= 4 is 5.91 Å². The highest BCUT2D eigenvalue weighted by Gasteiger charge is 2.67. The van der Waals surface area contributed by atoms with Crippen molar-refractivity contribution < 1.29 is 4.79 Å². The van der Waals surface area contributed by atoms with Gasteiger partial charge in [-0.15, -0.1) is 0 Å². The summed E-state index contributed by atoms with van der Waals surface area (Å²) in [5.41, 5.74) is 0.230. The van der Waals surface area contributed by atoms with E-state index in [0.29, 0.717) is 5.92 Å². The zero-order valence-corrected chi connectivity index (χ0v) is 11.0. The number of carbonyl (C=O) groups is 1. The normalized spacial score (nSPS) is 38.2. The van der Waals surface area contributed by atoms with Crippen molar-refractivity contribution in [3.05, 3.63) is 11.4 Å². The molecule has 17 heavy (non-hydrogen) atoms. The number of rotatable bonds is 3. The van der Waals surface area contributed by atoms with Gasteiger partial charge in [0.05, 0.1) is 11.8 Å². The van der Waals surface area contributed by atoms with Gasteiger partial charge in [-0.25, -0.2) is 6.57 Å². The van der Waals surface area contributed by atoms with Crippen LogP contribution < -0.4 is 5.32 Å². The average Bonchev–Trinajstić information content (AvgIpc) is 2.89. The first-order chi connectivity index (χ1) is 7.94. The predicted molar refractivity (Wildman–Crippen MR) is 66.0 cm³/mol. The summed E-state index contributed by atoms with van der Waals surface area (Å²) in [6.07, 6.45) is 0.902. The van der Waals surface area contributed by atoms with Gasteiger partial charge in [0.1, 0.15) is 0 Å². The monoisotopic (exact) mass is 235 g/mol. The van der Waals surface area contributed by atoms with E-state index in [9.17, 15) is 4.79 Å². The Morgan fingerprint density at radius 2 is 2.24 bits per heavy atom. The molecule has 0 bridgehead atoms. The van der Waals surface area contributed by atoms with Crippen molar-refractivity contribution in [2.75, 3.05) is 13.6 Å². The molecule has 1 aliphatic heterocycles. The lowest BCUT2D eigenvalue weighted by molar-refractivity contribution is -0.136. The van der Waals surface area contributed by atoms with Crippen LogP contribution in [0.3, 0.4) is 0 Å². The van der Waals surface area contributed by atoms with Gasteiger partial charge in [-0.05, 0) is 25.8 Å². The van der Waals surface area contributed by atoms with Crippen molar-refractivity contribution in [2.24, 2.45) is 17.3 Å². The van der Waals surface area contributed by atoms with Crippen LogP contribution in [0.25, 0.3) is 4.85 Å². The van der Waals surface area contributed by atoms with E-state index in [-0.39, 0.29) is 29.4 Å². The molecule has 1 N–H and O–H groups in total. The molecule has 94 valence electrons. The number of fused-ring (bicyclic) bond motifs is 1. The molecule has 5 atom stereocenters. The molecule has 0 spiro atoms. The Kier molecular flexibility index (Phi) is 2.90. The number of nitrogens with zero attached hydrogens (tertiary/aromatic N) is 2. The zero-order valence-electron chi connectivity index (χ0n) is 11.0. The van der Waals surface area contributed by atoms with E-state index in [2.05, 4.69) is 17.1 Å². The third kappa shape index (κ3) is 1.83.